The average molecular weight is 189 g/mol. The summed E-state index contributed by atoms with van der Waals surface area (Å²) in [5, 5.41) is 2.60. The monoisotopic (exact) mass is 189 g/mol. The summed E-state index contributed by atoms with van der Waals surface area (Å²) in [4.78, 5) is 22.0. The van der Waals surface area contributed by atoms with Crippen molar-refractivity contribution in [3.05, 3.63) is 0 Å². The van der Waals surface area contributed by atoms with E-state index in [1.807, 2.05) is 0 Å². The molecular weight excluding hydrogens is 174 g/mol. The van der Waals surface area contributed by atoms with Gasteiger partial charge in [-0.2, -0.15) is 12.6 Å². The van der Waals surface area contributed by atoms with E-state index in [1.54, 1.807) is 13.8 Å². The third kappa shape index (κ3) is 3.76. The van der Waals surface area contributed by atoms with Gasteiger partial charge < -0.3 is 5.32 Å². The molecule has 0 aromatic rings. The zero-order valence-electron chi connectivity index (χ0n) is 7.63. The molecule has 0 unspecified atom stereocenters. The van der Waals surface area contributed by atoms with Gasteiger partial charge in [0, 0.05) is 11.7 Å². The first kappa shape index (κ1) is 11.5. The first-order valence-electron chi connectivity index (χ1n) is 3.90. The van der Waals surface area contributed by atoms with E-state index in [-0.39, 0.29) is 17.6 Å². The van der Waals surface area contributed by atoms with Crippen LogP contribution in [0.4, 0.5) is 0 Å². The Morgan fingerprint density at radius 3 is 2.17 bits per heavy atom. The van der Waals surface area contributed by atoms with Crippen LogP contribution in [0.15, 0.2) is 0 Å². The molecule has 0 spiro atoms. The lowest BCUT2D eigenvalue weighted by atomic mass is 10.1. The third-order valence-electron chi connectivity index (χ3n) is 1.51. The van der Waals surface area contributed by atoms with Crippen LogP contribution < -0.4 is 5.32 Å². The molecule has 70 valence electrons. The van der Waals surface area contributed by atoms with E-state index in [4.69, 9.17) is 0 Å². The van der Waals surface area contributed by atoms with Crippen LogP contribution in [0, 0.1) is 5.92 Å². The Kier molecular flexibility index (Phi) is 4.97. The summed E-state index contributed by atoms with van der Waals surface area (Å²) in [7, 11) is 0. The Labute approximate surface area is 78.3 Å². The van der Waals surface area contributed by atoms with Gasteiger partial charge >= 0.3 is 0 Å². The molecule has 0 aliphatic carbocycles. The molecule has 0 fully saturated rings. The van der Waals surface area contributed by atoms with E-state index in [0.29, 0.717) is 5.75 Å². The highest BCUT2D eigenvalue weighted by Gasteiger charge is 2.16. The summed E-state index contributed by atoms with van der Waals surface area (Å²) in [6.45, 7) is 5.01. The first-order valence-corrected chi connectivity index (χ1v) is 4.54. The summed E-state index contributed by atoms with van der Waals surface area (Å²) >= 11 is 3.96. The SMILES string of the molecule is CC(=O)[C@H](CS)NC(=O)C(C)C. The van der Waals surface area contributed by atoms with Crippen molar-refractivity contribution in [3.63, 3.8) is 0 Å². The summed E-state index contributed by atoms with van der Waals surface area (Å²) in [6, 6.07) is -0.441. The molecule has 3 nitrogen and oxygen atoms in total. The van der Waals surface area contributed by atoms with Crippen LogP contribution in [0.25, 0.3) is 0 Å². The maximum Gasteiger partial charge on any atom is 0.223 e. The molecular formula is C8H15NO2S. The number of ketones is 1. The van der Waals surface area contributed by atoms with Crippen LogP contribution >= 0.6 is 12.6 Å². The standard InChI is InChI=1S/C8H15NO2S/c1-5(2)8(11)9-7(4-12)6(3)10/h5,7,12H,4H2,1-3H3,(H,9,11)/t7-/m0/s1. The van der Waals surface area contributed by atoms with Crippen molar-refractivity contribution in [1.82, 2.24) is 5.32 Å². The van der Waals surface area contributed by atoms with E-state index in [2.05, 4.69) is 17.9 Å². The molecule has 0 saturated carbocycles. The summed E-state index contributed by atoms with van der Waals surface area (Å²) in [5.41, 5.74) is 0. The fourth-order valence-electron chi connectivity index (χ4n) is 0.614. The molecule has 0 rings (SSSR count). The molecule has 0 aliphatic rings. The minimum absolute atomic E-state index is 0.0565. The van der Waals surface area contributed by atoms with Gasteiger partial charge in [0.2, 0.25) is 5.91 Å². The topological polar surface area (TPSA) is 46.2 Å². The number of carbonyl (C=O) groups excluding carboxylic acids is 2. The molecule has 0 heterocycles. The largest absolute Gasteiger partial charge is 0.345 e. The number of carbonyl (C=O) groups is 2. The molecule has 1 amide bonds. The zero-order valence-corrected chi connectivity index (χ0v) is 8.52. The average Bonchev–Trinajstić information content (AvgIpc) is 1.98. The van der Waals surface area contributed by atoms with E-state index in [1.165, 1.54) is 6.92 Å². The second-order valence-electron chi connectivity index (χ2n) is 3.01. The van der Waals surface area contributed by atoms with Gasteiger partial charge in [-0.25, -0.2) is 0 Å². The van der Waals surface area contributed by atoms with Gasteiger partial charge in [0.05, 0.1) is 6.04 Å². The van der Waals surface area contributed by atoms with Crippen LogP contribution in [0.2, 0.25) is 0 Å². The van der Waals surface area contributed by atoms with Gasteiger partial charge in [0.25, 0.3) is 0 Å². The number of hydrogen-bond donors (Lipinski definition) is 2. The van der Waals surface area contributed by atoms with Crippen molar-refractivity contribution >= 4 is 24.3 Å². The van der Waals surface area contributed by atoms with Crippen molar-refractivity contribution in [1.29, 1.82) is 0 Å². The highest BCUT2D eigenvalue weighted by molar-refractivity contribution is 7.80. The normalized spacial score (nSPS) is 12.8. The smallest absolute Gasteiger partial charge is 0.223 e. The molecule has 0 aromatic heterocycles. The fourth-order valence-corrected chi connectivity index (χ4v) is 0.963. The van der Waals surface area contributed by atoms with Crippen molar-refractivity contribution in [2.75, 3.05) is 5.75 Å². The molecule has 1 N–H and O–H groups in total. The fraction of sp³-hybridized carbons (Fsp3) is 0.750. The van der Waals surface area contributed by atoms with Crippen molar-refractivity contribution in [3.8, 4) is 0 Å². The van der Waals surface area contributed by atoms with Gasteiger partial charge in [-0.3, -0.25) is 9.59 Å². The molecule has 1 atom stereocenters. The molecule has 12 heavy (non-hydrogen) atoms. The maximum atomic E-state index is 11.1. The van der Waals surface area contributed by atoms with Gasteiger partial charge in [-0.15, -0.1) is 0 Å². The van der Waals surface area contributed by atoms with Gasteiger partial charge in [-0.1, -0.05) is 13.8 Å². The van der Waals surface area contributed by atoms with Crippen molar-refractivity contribution in [2.24, 2.45) is 5.92 Å². The van der Waals surface area contributed by atoms with Gasteiger partial charge in [-0.05, 0) is 6.92 Å². The lowest BCUT2D eigenvalue weighted by Gasteiger charge is -2.14. The predicted molar refractivity (Wildman–Crippen MR) is 51.3 cm³/mol. The Morgan fingerprint density at radius 1 is 1.42 bits per heavy atom. The summed E-state index contributed by atoms with van der Waals surface area (Å²) < 4.78 is 0. The molecule has 4 heteroatoms. The highest BCUT2D eigenvalue weighted by atomic mass is 32.1. The molecule has 0 aromatic carbocycles. The maximum absolute atomic E-state index is 11.1. The third-order valence-corrected chi connectivity index (χ3v) is 1.88. The Morgan fingerprint density at radius 2 is 1.92 bits per heavy atom. The minimum Gasteiger partial charge on any atom is -0.345 e. The Bertz CT molecular complexity index is 180. The predicted octanol–water partition coefficient (Wildman–Crippen LogP) is 0.646. The highest BCUT2D eigenvalue weighted by Crippen LogP contribution is 1.95. The molecule has 0 bridgehead atoms. The zero-order chi connectivity index (χ0) is 9.72. The van der Waals surface area contributed by atoms with Gasteiger partial charge in [0.15, 0.2) is 5.78 Å². The van der Waals surface area contributed by atoms with Crippen molar-refractivity contribution in [2.45, 2.75) is 26.8 Å². The number of thiol groups is 1. The second-order valence-corrected chi connectivity index (χ2v) is 3.37. The number of hydrogen-bond acceptors (Lipinski definition) is 3. The lowest BCUT2D eigenvalue weighted by molar-refractivity contribution is -0.128. The number of nitrogens with one attached hydrogen (secondary N) is 1. The van der Waals surface area contributed by atoms with Crippen molar-refractivity contribution < 1.29 is 9.59 Å². The molecule has 0 radical (unpaired) electrons. The number of amides is 1. The van der Waals surface area contributed by atoms with Crippen LogP contribution in [-0.2, 0) is 9.59 Å². The van der Waals surface area contributed by atoms with E-state index < -0.39 is 6.04 Å². The van der Waals surface area contributed by atoms with Crippen LogP contribution in [0.1, 0.15) is 20.8 Å². The van der Waals surface area contributed by atoms with Crippen LogP contribution in [0.5, 0.6) is 0 Å². The molecule has 0 saturated heterocycles. The second kappa shape index (κ2) is 5.19. The Hall–Kier alpha value is -0.510. The minimum atomic E-state index is -0.441. The quantitative estimate of drug-likeness (QED) is 0.638. The first-order chi connectivity index (χ1) is 5.49. The lowest BCUT2D eigenvalue weighted by Crippen LogP contribution is -2.42. The van der Waals surface area contributed by atoms with Crippen LogP contribution in [0.3, 0.4) is 0 Å². The number of Topliss-reactive ketones (excluding diaryl/α,β-unsaturated/α-hetero) is 1. The summed E-state index contributed by atoms with van der Waals surface area (Å²) in [6.07, 6.45) is 0. The molecule has 0 aliphatic heterocycles. The number of rotatable bonds is 4. The summed E-state index contributed by atoms with van der Waals surface area (Å²) in [5.74, 6) is 0.100. The Balaban J connectivity index is 4.03. The van der Waals surface area contributed by atoms with Crippen LogP contribution in [-0.4, -0.2) is 23.5 Å². The van der Waals surface area contributed by atoms with E-state index in [9.17, 15) is 9.59 Å². The van der Waals surface area contributed by atoms with E-state index in [0.717, 1.165) is 0 Å². The van der Waals surface area contributed by atoms with E-state index >= 15 is 0 Å². The van der Waals surface area contributed by atoms with Gasteiger partial charge in [0.1, 0.15) is 0 Å².